The van der Waals surface area contributed by atoms with Crippen LogP contribution in [0.3, 0.4) is 0 Å². The predicted molar refractivity (Wildman–Crippen MR) is 99.4 cm³/mol. The van der Waals surface area contributed by atoms with E-state index < -0.39 is 18.6 Å². The number of ether oxygens (including phenoxy) is 1. The van der Waals surface area contributed by atoms with Crippen LogP contribution < -0.4 is 16.2 Å². The molecular formula is C16H15ClN4O4S. The van der Waals surface area contributed by atoms with Crippen LogP contribution in [0.2, 0.25) is 5.02 Å². The normalized spacial score (nSPS) is 12.3. The molecule has 0 radical (unpaired) electrons. The number of primary amides is 1. The second-order valence-electron chi connectivity index (χ2n) is 5.40. The molecule has 8 nitrogen and oxygen atoms in total. The fraction of sp³-hybridized carbons (Fsp3) is 0.188. The number of fused-ring (bicyclic) bond motifs is 1. The Bertz CT molecular complexity index is 978. The molecule has 2 aromatic heterocycles. The molecule has 1 amide bonds. The van der Waals surface area contributed by atoms with E-state index in [9.17, 15) is 9.90 Å². The highest BCUT2D eigenvalue weighted by atomic mass is 35.5. The largest absolute Gasteiger partial charge is 0.461 e. The maximum Gasteiger partial charge on any atom is 0.318 e. The molecule has 2 heterocycles. The van der Waals surface area contributed by atoms with Crippen molar-refractivity contribution in [2.75, 3.05) is 18.9 Å². The van der Waals surface area contributed by atoms with Gasteiger partial charge in [-0.3, -0.25) is 4.79 Å². The average molecular weight is 395 g/mol. The highest BCUT2D eigenvalue weighted by Gasteiger charge is 2.21. The number of anilines is 1. The fourth-order valence-corrected chi connectivity index (χ4v) is 3.45. The number of carbonyl (C=O) groups excluding carboxylic acids is 1. The van der Waals surface area contributed by atoms with Gasteiger partial charge in [0, 0.05) is 10.6 Å². The van der Waals surface area contributed by atoms with Gasteiger partial charge in [-0.2, -0.15) is 9.97 Å². The SMILES string of the molecule is NC(=O)c1sc2nc(OCC(O)CO)nc(-c3cccc(Cl)c3)c2c1N. The van der Waals surface area contributed by atoms with E-state index in [2.05, 4.69) is 9.97 Å². The van der Waals surface area contributed by atoms with Gasteiger partial charge in [-0.25, -0.2) is 0 Å². The van der Waals surface area contributed by atoms with E-state index in [0.29, 0.717) is 26.5 Å². The summed E-state index contributed by atoms with van der Waals surface area (Å²) in [4.78, 5) is 20.8. The molecule has 3 aromatic rings. The molecule has 1 atom stereocenters. The van der Waals surface area contributed by atoms with Gasteiger partial charge in [0.15, 0.2) is 0 Å². The van der Waals surface area contributed by atoms with E-state index in [1.54, 1.807) is 24.3 Å². The lowest BCUT2D eigenvalue weighted by molar-refractivity contribution is 0.0506. The molecule has 0 aliphatic carbocycles. The number of nitrogens with two attached hydrogens (primary N) is 2. The Morgan fingerprint density at radius 3 is 2.81 bits per heavy atom. The molecular weight excluding hydrogens is 380 g/mol. The van der Waals surface area contributed by atoms with Crippen LogP contribution in [0.5, 0.6) is 6.01 Å². The van der Waals surface area contributed by atoms with Crippen molar-refractivity contribution >= 4 is 44.7 Å². The van der Waals surface area contributed by atoms with Crippen molar-refractivity contribution in [3.63, 3.8) is 0 Å². The summed E-state index contributed by atoms with van der Waals surface area (Å²) in [5.41, 5.74) is 12.7. The Balaban J connectivity index is 2.19. The van der Waals surface area contributed by atoms with Gasteiger partial charge in [0.1, 0.15) is 22.4 Å². The van der Waals surface area contributed by atoms with Crippen molar-refractivity contribution < 1.29 is 19.7 Å². The summed E-state index contributed by atoms with van der Waals surface area (Å²) >= 11 is 7.09. The predicted octanol–water partition coefficient (Wildman–Crippen LogP) is 1.42. The number of benzene rings is 1. The van der Waals surface area contributed by atoms with Gasteiger partial charge >= 0.3 is 6.01 Å². The van der Waals surface area contributed by atoms with Gasteiger partial charge in [0.2, 0.25) is 0 Å². The van der Waals surface area contributed by atoms with E-state index in [0.717, 1.165) is 11.3 Å². The van der Waals surface area contributed by atoms with E-state index in [-0.39, 0.29) is 23.2 Å². The number of nitrogen functional groups attached to an aromatic ring is 1. The van der Waals surface area contributed by atoms with Crippen molar-refractivity contribution in [1.82, 2.24) is 9.97 Å². The van der Waals surface area contributed by atoms with E-state index in [4.69, 9.17) is 32.9 Å². The maximum absolute atomic E-state index is 11.6. The van der Waals surface area contributed by atoms with Gasteiger partial charge in [-0.1, -0.05) is 23.7 Å². The Hall–Kier alpha value is -2.46. The standard InChI is InChI=1S/C16H15ClN4O4S/c17-8-3-1-2-7(4-8)12-10-11(18)13(14(19)24)26-15(10)21-16(20-12)25-6-9(23)5-22/h1-4,9,22-23H,5-6,18H2,(H2,19,24). The summed E-state index contributed by atoms with van der Waals surface area (Å²) in [6, 6.07) is 6.90. The topological polar surface area (TPSA) is 145 Å². The zero-order valence-electron chi connectivity index (χ0n) is 13.3. The molecule has 6 N–H and O–H groups in total. The van der Waals surface area contributed by atoms with Gasteiger partial charge in [-0.05, 0) is 12.1 Å². The molecule has 0 saturated carbocycles. The second kappa shape index (κ2) is 7.42. The van der Waals surface area contributed by atoms with Crippen LogP contribution in [-0.2, 0) is 0 Å². The van der Waals surface area contributed by atoms with Crippen LogP contribution in [0, 0.1) is 0 Å². The summed E-state index contributed by atoms with van der Waals surface area (Å²) in [5.74, 6) is -0.666. The Kier molecular flexibility index (Phi) is 5.23. The molecule has 0 aliphatic heterocycles. The van der Waals surface area contributed by atoms with Crippen LogP contribution >= 0.6 is 22.9 Å². The Morgan fingerprint density at radius 1 is 1.38 bits per heavy atom. The number of hydrogen-bond donors (Lipinski definition) is 4. The summed E-state index contributed by atoms with van der Waals surface area (Å²) in [5, 5.41) is 19.3. The molecule has 136 valence electrons. The number of halogens is 1. The minimum Gasteiger partial charge on any atom is -0.461 e. The van der Waals surface area contributed by atoms with Crippen LogP contribution in [0.25, 0.3) is 21.5 Å². The summed E-state index contributed by atoms with van der Waals surface area (Å²) < 4.78 is 5.35. The molecule has 0 spiro atoms. The number of thiophene rings is 1. The van der Waals surface area contributed by atoms with Crippen molar-refractivity contribution in [3.05, 3.63) is 34.2 Å². The minimum absolute atomic E-state index is 0.0303. The van der Waals surface area contributed by atoms with Crippen molar-refractivity contribution in [2.24, 2.45) is 5.73 Å². The third-order valence-electron chi connectivity index (χ3n) is 3.51. The first-order chi connectivity index (χ1) is 12.4. The van der Waals surface area contributed by atoms with E-state index >= 15 is 0 Å². The van der Waals surface area contributed by atoms with Gasteiger partial charge < -0.3 is 26.4 Å². The monoisotopic (exact) mass is 394 g/mol. The smallest absolute Gasteiger partial charge is 0.318 e. The molecule has 0 saturated heterocycles. The lowest BCUT2D eigenvalue weighted by Gasteiger charge is -2.10. The summed E-state index contributed by atoms with van der Waals surface area (Å²) in [7, 11) is 0. The quantitative estimate of drug-likeness (QED) is 0.494. The molecule has 0 aliphatic rings. The van der Waals surface area contributed by atoms with Crippen LogP contribution in [0.1, 0.15) is 9.67 Å². The number of aliphatic hydroxyl groups is 2. The van der Waals surface area contributed by atoms with Gasteiger partial charge in [0.05, 0.1) is 23.4 Å². The molecule has 0 bridgehead atoms. The Labute approximate surface area is 157 Å². The zero-order valence-corrected chi connectivity index (χ0v) is 14.9. The van der Waals surface area contributed by atoms with Gasteiger partial charge in [-0.15, -0.1) is 11.3 Å². The summed E-state index contributed by atoms with van der Waals surface area (Å²) in [6.45, 7) is -0.651. The average Bonchev–Trinajstić information content (AvgIpc) is 2.96. The van der Waals surface area contributed by atoms with Crippen molar-refractivity contribution in [2.45, 2.75) is 6.10 Å². The van der Waals surface area contributed by atoms with E-state index in [1.165, 1.54) is 0 Å². The van der Waals surface area contributed by atoms with Crippen LogP contribution in [-0.4, -0.2) is 45.4 Å². The second-order valence-corrected chi connectivity index (χ2v) is 6.84. The first-order valence-electron chi connectivity index (χ1n) is 7.48. The molecule has 0 fully saturated rings. The van der Waals surface area contributed by atoms with Crippen LogP contribution in [0.4, 0.5) is 5.69 Å². The maximum atomic E-state index is 11.6. The number of carbonyl (C=O) groups is 1. The lowest BCUT2D eigenvalue weighted by Crippen LogP contribution is -2.22. The number of amides is 1. The minimum atomic E-state index is -1.07. The molecule has 3 rings (SSSR count). The van der Waals surface area contributed by atoms with Crippen molar-refractivity contribution in [3.8, 4) is 17.3 Å². The third-order valence-corrected chi connectivity index (χ3v) is 4.85. The third kappa shape index (κ3) is 3.56. The molecule has 10 heteroatoms. The molecule has 1 aromatic carbocycles. The molecule has 1 unspecified atom stereocenters. The first-order valence-corrected chi connectivity index (χ1v) is 8.67. The lowest BCUT2D eigenvalue weighted by atomic mass is 10.1. The van der Waals surface area contributed by atoms with Crippen LogP contribution in [0.15, 0.2) is 24.3 Å². The van der Waals surface area contributed by atoms with Gasteiger partial charge in [0.25, 0.3) is 5.91 Å². The fourth-order valence-electron chi connectivity index (χ4n) is 2.32. The number of aromatic nitrogens is 2. The highest BCUT2D eigenvalue weighted by molar-refractivity contribution is 7.21. The summed E-state index contributed by atoms with van der Waals surface area (Å²) in [6.07, 6.45) is -1.07. The highest BCUT2D eigenvalue weighted by Crippen LogP contribution is 2.39. The Morgan fingerprint density at radius 2 is 2.15 bits per heavy atom. The number of hydrogen-bond acceptors (Lipinski definition) is 8. The first kappa shape index (κ1) is 18.3. The number of aliphatic hydroxyl groups excluding tert-OH is 2. The number of nitrogens with zero attached hydrogens (tertiary/aromatic N) is 2. The zero-order chi connectivity index (χ0) is 18.8. The van der Waals surface area contributed by atoms with E-state index in [1.807, 2.05) is 0 Å². The number of rotatable bonds is 6. The van der Waals surface area contributed by atoms with Crippen molar-refractivity contribution in [1.29, 1.82) is 0 Å². The molecule has 26 heavy (non-hydrogen) atoms.